The van der Waals surface area contributed by atoms with Crippen molar-refractivity contribution in [2.45, 2.75) is 32.8 Å². The Bertz CT molecular complexity index is 990. The predicted octanol–water partition coefficient (Wildman–Crippen LogP) is 3.07. The Balaban J connectivity index is 1.90. The fourth-order valence-corrected chi connectivity index (χ4v) is 4.06. The number of carbonyl (C=O) groups is 3. The lowest BCUT2D eigenvalue weighted by molar-refractivity contribution is 0.0506. The number of ether oxygens (including phenoxy) is 2. The van der Waals surface area contributed by atoms with Crippen LogP contribution in [0, 0.1) is 19.7 Å². The van der Waals surface area contributed by atoms with Crippen molar-refractivity contribution >= 4 is 17.7 Å². The van der Waals surface area contributed by atoms with Crippen LogP contribution in [-0.4, -0.2) is 60.0 Å². The van der Waals surface area contributed by atoms with Crippen molar-refractivity contribution in [1.29, 1.82) is 0 Å². The molecule has 31 heavy (non-hydrogen) atoms. The van der Waals surface area contributed by atoms with E-state index >= 15 is 0 Å². The van der Waals surface area contributed by atoms with Gasteiger partial charge in [0.1, 0.15) is 11.5 Å². The monoisotopic (exact) mass is 430 g/mol. The average Bonchev–Trinajstić information content (AvgIpc) is 3.33. The van der Waals surface area contributed by atoms with Crippen LogP contribution in [-0.2, 0) is 16.5 Å². The van der Waals surface area contributed by atoms with Crippen LogP contribution >= 0.6 is 0 Å². The zero-order chi connectivity index (χ0) is 22.7. The van der Waals surface area contributed by atoms with Gasteiger partial charge in [-0.15, -0.1) is 0 Å². The Labute approximate surface area is 180 Å². The summed E-state index contributed by atoms with van der Waals surface area (Å²) in [6.07, 6.45) is 1.55. The maximum Gasteiger partial charge on any atom is 0.354 e. The molecule has 2 aromatic rings. The molecule has 1 fully saturated rings. The van der Waals surface area contributed by atoms with Crippen LogP contribution in [0.2, 0.25) is 0 Å². The van der Waals surface area contributed by atoms with Gasteiger partial charge in [0.05, 0.1) is 19.8 Å². The summed E-state index contributed by atoms with van der Waals surface area (Å²) < 4.78 is 25.4. The second-order valence-electron chi connectivity index (χ2n) is 7.74. The Morgan fingerprint density at radius 1 is 1.23 bits per heavy atom. The lowest BCUT2D eigenvalue weighted by atomic mass is 10.0. The quantitative estimate of drug-likeness (QED) is 0.498. The molecule has 0 N–H and O–H groups in total. The van der Waals surface area contributed by atoms with Crippen LogP contribution in [0.3, 0.4) is 0 Å². The normalized spacial score (nSPS) is 15.7. The molecule has 1 aliphatic rings. The summed E-state index contributed by atoms with van der Waals surface area (Å²) in [6.45, 7) is 4.15. The predicted molar refractivity (Wildman–Crippen MR) is 112 cm³/mol. The lowest BCUT2D eigenvalue weighted by Gasteiger charge is -2.25. The first-order valence-electron chi connectivity index (χ1n) is 10.2. The molecule has 0 aliphatic carbocycles. The number of carbonyl (C=O) groups excluding carboxylic acids is 3. The number of hydrogen-bond donors (Lipinski definition) is 0. The molecule has 7 nitrogen and oxygen atoms in total. The van der Waals surface area contributed by atoms with E-state index < -0.39 is 11.8 Å². The Kier molecular flexibility index (Phi) is 6.90. The lowest BCUT2D eigenvalue weighted by Crippen LogP contribution is -2.41. The van der Waals surface area contributed by atoms with Gasteiger partial charge in [-0.1, -0.05) is 0 Å². The molecule has 1 aromatic carbocycles. The maximum atomic E-state index is 13.3. The number of benzene rings is 1. The topological polar surface area (TPSA) is 77.8 Å². The van der Waals surface area contributed by atoms with Crippen LogP contribution < -0.4 is 0 Å². The highest BCUT2D eigenvalue weighted by Crippen LogP contribution is 2.24. The van der Waals surface area contributed by atoms with E-state index in [0.717, 1.165) is 12.8 Å². The van der Waals surface area contributed by atoms with Crippen LogP contribution in [0.25, 0.3) is 0 Å². The van der Waals surface area contributed by atoms with Gasteiger partial charge in [-0.3, -0.25) is 9.59 Å². The van der Waals surface area contributed by atoms with Crippen molar-refractivity contribution in [3.8, 4) is 0 Å². The van der Waals surface area contributed by atoms with Gasteiger partial charge in [0.25, 0.3) is 5.91 Å². The molecule has 0 radical (unpaired) electrons. The molecule has 1 aliphatic heterocycles. The number of nitrogens with zero attached hydrogens (tertiary/aromatic N) is 2. The van der Waals surface area contributed by atoms with Crippen molar-refractivity contribution in [3.63, 3.8) is 0 Å². The third-order valence-electron chi connectivity index (χ3n) is 5.75. The number of hydrogen-bond acceptors (Lipinski definition) is 5. The van der Waals surface area contributed by atoms with E-state index in [0.29, 0.717) is 34.7 Å². The Morgan fingerprint density at radius 3 is 2.48 bits per heavy atom. The molecule has 1 saturated heterocycles. The van der Waals surface area contributed by atoms with E-state index in [-0.39, 0.29) is 30.9 Å². The molecule has 1 atom stereocenters. The van der Waals surface area contributed by atoms with Gasteiger partial charge in [-0.05, 0) is 56.5 Å². The molecule has 0 unspecified atom stereocenters. The van der Waals surface area contributed by atoms with Crippen molar-refractivity contribution < 1.29 is 28.2 Å². The highest BCUT2D eigenvalue weighted by Gasteiger charge is 2.29. The number of methoxy groups -OCH3 is 1. The summed E-state index contributed by atoms with van der Waals surface area (Å²) in [4.78, 5) is 40.0. The largest absolute Gasteiger partial charge is 0.464 e. The number of aromatic nitrogens is 1. The van der Waals surface area contributed by atoms with E-state index in [1.54, 1.807) is 25.5 Å². The van der Waals surface area contributed by atoms with Crippen molar-refractivity contribution in [2.75, 3.05) is 26.8 Å². The number of amides is 1. The van der Waals surface area contributed by atoms with Crippen molar-refractivity contribution in [3.05, 3.63) is 58.2 Å². The van der Waals surface area contributed by atoms with E-state index in [1.807, 2.05) is 0 Å². The molecule has 3 rings (SSSR count). The molecule has 2 heterocycles. The first-order chi connectivity index (χ1) is 14.7. The molecule has 8 heteroatoms. The standard InChI is InChI=1S/C23H27FN2O5/c1-14-20(15(2)25(3)21(14)23(29)30-4)19(27)13-26(12-18-6-5-11-31-18)22(28)16-7-9-17(24)10-8-16/h7-10,18H,5-6,11-13H2,1-4H3/t18-/m0/s1. The summed E-state index contributed by atoms with van der Waals surface area (Å²) >= 11 is 0. The molecule has 0 spiro atoms. The third kappa shape index (κ3) is 4.69. The molecule has 1 amide bonds. The smallest absolute Gasteiger partial charge is 0.354 e. The number of Topliss-reactive ketones (excluding diaryl/α,β-unsaturated/α-hetero) is 1. The summed E-state index contributed by atoms with van der Waals surface area (Å²) in [5.41, 5.74) is 2.13. The average molecular weight is 430 g/mol. The zero-order valence-electron chi connectivity index (χ0n) is 18.2. The van der Waals surface area contributed by atoms with Crippen LogP contribution in [0.5, 0.6) is 0 Å². The van der Waals surface area contributed by atoms with Gasteiger partial charge in [-0.25, -0.2) is 9.18 Å². The summed E-state index contributed by atoms with van der Waals surface area (Å²) in [7, 11) is 2.98. The number of halogens is 1. The van der Waals surface area contributed by atoms with Crippen LogP contribution in [0.1, 0.15) is 55.3 Å². The molecule has 1 aromatic heterocycles. The fraction of sp³-hybridized carbons (Fsp3) is 0.435. The molecule has 166 valence electrons. The second kappa shape index (κ2) is 9.43. The number of esters is 1. The summed E-state index contributed by atoms with van der Waals surface area (Å²) in [6, 6.07) is 5.24. The number of ketones is 1. The van der Waals surface area contributed by atoms with Gasteiger partial charge in [-0.2, -0.15) is 0 Å². The fourth-order valence-electron chi connectivity index (χ4n) is 4.06. The molecule has 0 bridgehead atoms. The molecular formula is C23H27FN2O5. The molecular weight excluding hydrogens is 403 g/mol. The minimum atomic E-state index is -0.527. The van der Waals surface area contributed by atoms with Crippen LogP contribution in [0.4, 0.5) is 4.39 Å². The second-order valence-corrected chi connectivity index (χ2v) is 7.74. The highest BCUT2D eigenvalue weighted by atomic mass is 19.1. The number of rotatable bonds is 7. The van der Waals surface area contributed by atoms with Gasteiger partial charge < -0.3 is 18.9 Å². The summed E-state index contributed by atoms with van der Waals surface area (Å²) in [5.74, 6) is -1.62. The van der Waals surface area contributed by atoms with Crippen LogP contribution in [0.15, 0.2) is 24.3 Å². The van der Waals surface area contributed by atoms with E-state index in [4.69, 9.17) is 9.47 Å². The van der Waals surface area contributed by atoms with E-state index in [9.17, 15) is 18.8 Å². The Hall–Kier alpha value is -3.00. The van der Waals surface area contributed by atoms with E-state index in [2.05, 4.69) is 0 Å². The minimum Gasteiger partial charge on any atom is -0.464 e. The van der Waals surface area contributed by atoms with Gasteiger partial charge in [0.15, 0.2) is 5.78 Å². The highest BCUT2D eigenvalue weighted by molar-refractivity contribution is 6.06. The zero-order valence-corrected chi connectivity index (χ0v) is 18.2. The Morgan fingerprint density at radius 2 is 1.90 bits per heavy atom. The van der Waals surface area contributed by atoms with Crippen molar-refractivity contribution in [1.82, 2.24) is 9.47 Å². The first-order valence-corrected chi connectivity index (χ1v) is 10.2. The maximum absolute atomic E-state index is 13.3. The summed E-state index contributed by atoms with van der Waals surface area (Å²) in [5, 5.41) is 0. The van der Waals surface area contributed by atoms with Gasteiger partial charge in [0, 0.05) is 37.0 Å². The minimum absolute atomic E-state index is 0.152. The van der Waals surface area contributed by atoms with E-state index in [1.165, 1.54) is 36.3 Å². The molecule has 0 saturated carbocycles. The van der Waals surface area contributed by atoms with Gasteiger partial charge in [0.2, 0.25) is 0 Å². The third-order valence-corrected chi connectivity index (χ3v) is 5.75. The van der Waals surface area contributed by atoms with Crippen molar-refractivity contribution in [2.24, 2.45) is 7.05 Å². The van der Waals surface area contributed by atoms with Gasteiger partial charge >= 0.3 is 5.97 Å². The SMILES string of the molecule is COC(=O)c1c(C)c(C(=O)CN(C[C@@H]2CCCO2)C(=O)c2ccc(F)cc2)c(C)n1C. The first kappa shape index (κ1) is 22.7.